The molecule has 0 saturated heterocycles. The highest BCUT2D eigenvalue weighted by Gasteiger charge is 2.33. The van der Waals surface area contributed by atoms with E-state index in [1.165, 1.54) is 0 Å². The normalized spacial score (nSPS) is 14.1. The number of hydrogen-bond donors (Lipinski definition) is 1. The zero-order valence-electron chi connectivity index (χ0n) is 10.9. The summed E-state index contributed by atoms with van der Waals surface area (Å²) in [6.45, 7) is 5.27. The topological polar surface area (TPSA) is 73.6 Å². The SMILES string of the molecule is Cc1nc2cc3c(cc2n1C(C)(C)C(=O)O)OCO3. The van der Waals surface area contributed by atoms with Gasteiger partial charge < -0.3 is 19.1 Å². The molecule has 2 heterocycles. The molecule has 6 heteroatoms. The number of imidazole rings is 1. The van der Waals surface area contributed by atoms with Crippen molar-refractivity contribution in [3.8, 4) is 11.5 Å². The molecular weight excluding hydrogens is 248 g/mol. The Labute approximate surface area is 109 Å². The Balaban J connectivity index is 2.30. The first-order chi connectivity index (χ1) is 8.91. The van der Waals surface area contributed by atoms with Crippen molar-refractivity contribution in [1.29, 1.82) is 0 Å². The Morgan fingerprint density at radius 1 is 1.37 bits per heavy atom. The second kappa shape index (κ2) is 3.63. The molecule has 0 saturated carbocycles. The van der Waals surface area contributed by atoms with E-state index in [1.807, 2.05) is 0 Å². The van der Waals surface area contributed by atoms with Crippen LogP contribution in [0.25, 0.3) is 11.0 Å². The maximum Gasteiger partial charge on any atom is 0.329 e. The summed E-state index contributed by atoms with van der Waals surface area (Å²) in [5.41, 5.74) is 0.359. The van der Waals surface area contributed by atoms with Crippen molar-refractivity contribution in [3.63, 3.8) is 0 Å². The lowest BCUT2D eigenvalue weighted by atomic mass is 10.1. The number of ether oxygens (including phenoxy) is 2. The molecule has 1 aromatic carbocycles. The van der Waals surface area contributed by atoms with E-state index >= 15 is 0 Å². The first-order valence-electron chi connectivity index (χ1n) is 5.94. The van der Waals surface area contributed by atoms with Gasteiger partial charge in [0, 0.05) is 12.1 Å². The van der Waals surface area contributed by atoms with Crippen LogP contribution in [0.3, 0.4) is 0 Å². The van der Waals surface area contributed by atoms with Gasteiger partial charge in [0.15, 0.2) is 11.5 Å². The van der Waals surface area contributed by atoms with Gasteiger partial charge in [-0.3, -0.25) is 0 Å². The van der Waals surface area contributed by atoms with Gasteiger partial charge in [0.25, 0.3) is 0 Å². The quantitative estimate of drug-likeness (QED) is 0.894. The van der Waals surface area contributed by atoms with Crippen LogP contribution in [0.4, 0.5) is 0 Å². The van der Waals surface area contributed by atoms with Crippen LogP contribution < -0.4 is 9.47 Å². The summed E-state index contributed by atoms with van der Waals surface area (Å²) in [5, 5.41) is 9.39. The van der Waals surface area contributed by atoms with Gasteiger partial charge in [-0.2, -0.15) is 0 Å². The van der Waals surface area contributed by atoms with Crippen molar-refractivity contribution in [2.75, 3.05) is 6.79 Å². The van der Waals surface area contributed by atoms with Crippen LogP contribution in [0.5, 0.6) is 11.5 Å². The average molecular weight is 262 g/mol. The van der Waals surface area contributed by atoms with E-state index in [-0.39, 0.29) is 6.79 Å². The minimum atomic E-state index is -1.08. The van der Waals surface area contributed by atoms with Crippen LogP contribution in [0.15, 0.2) is 12.1 Å². The van der Waals surface area contributed by atoms with Crippen molar-refractivity contribution < 1.29 is 19.4 Å². The molecule has 1 aromatic heterocycles. The molecule has 2 aromatic rings. The fourth-order valence-electron chi connectivity index (χ4n) is 2.39. The molecule has 0 unspecified atom stereocenters. The third-order valence-electron chi connectivity index (χ3n) is 3.40. The number of carbonyl (C=O) groups is 1. The smallest absolute Gasteiger partial charge is 0.329 e. The molecule has 100 valence electrons. The molecule has 19 heavy (non-hydrogen) atoms. The lowest BCUT2D eigenvalue weighted by molar-refractivity contribution is -0.145. The first-order valence-corrected chi connectivity index (χ1v) is 5.94. The van der Waals surface area contributed by atoms with Crippen molar-refractivity contribution >= 4 is 17.0 Å². The van der Waals surface area contributed by atoms with Gasteiger partial charge >= 0.3 is 5.97 Å². The van der Waals surface area contributed by atoms with Crippen molar-refractivity contribution in [2.24, 2.45) is 0 Å². The van der Waals surface area contributed by atoms with E-state index in [1.54, 1.807) is 37.5 Å². The fourth-order valence-corrected chi connectivity index (χ4v) is 2.39. The highest BCUT2D eigenvalue weighted by atomic mass is 16.7. The van der Waals surface area contributed by atoms with Crippen LogP contribution in [-0.4, -0.2) is 27.4 Å². The number of carboxylic acids is 1. The lowest BCUT2D eigenvalue weighted by Crippen LogP contribution is -2.36. The van der Waals surface area contributed by atoms with Gasteiger partial charge in [-0.25, -0.2) is 9.78 Å². The maximum absolute atomic E-state index is 11.4. The number of rotatable bonds is 2. The van der Waals surface area contributed by atoms with E-state index in [2.05, 4.69) is 4.98 Å². The Morgan fingerprint density at radius 3 is 2.63 bits per heavy atom. The van der Waals surface area contributed by atoms with Crippen LogP contribution in [0.1, 0.15) is 19.7 Å². The summed E-state index contributed by atoms with van der Waals surface area (Å²) in [4.78, 5) is 15.8. The summed E-state index contributed by atoms with van der Waals surface area (Å²) in [7, 11) is 0. The van der Waals surface area contributed by atoms with Gasteiger partial charge in [0.1, 0.15) is 11.4 Å². The predicted octanol–water partition coefficient (Wildman–Crippen LogP) is 1.89. The maximum atomic E-state index is 11.4. The molecule has 3 rings (SSSR count). The molecule has 0 aliphatic carbocycles. The number of aryl methyl sites for hydroxylation is 1. The van der Waals surface area contributed by atoms with Gasteiger partial charge in [0.05, 0.1) is 11.0 Å². The lowest BCUT2D eigenvalue weighted by Gasteiger charge is -2.23. The molecule has 0 amide bonds. The van der Waals surface area contributed by atoms with E-state index in [0.29, 0.717) is 22.8 Å². The molecule has 6 nitrogen and oxygen atoms in total. The molecule has 0 atom stereocenters. The highest BCUT2D eigenvalue weighted by Crippen LogP contribution is 2.37. The Hall–Kier alpha value is -2.24. The second-order valence-electron chi connectivity index (χ2n) is 5.05. The summed E-state index contributed by atoms with van der Waals surface area (Å²) < 4.78 is 12.3. The first kappa shape index (κ1) is 11.8. The summed E-state index contributed by atoms with van der Waals surface area (Å²) in [6, 6.07) is 3.56. The van der Waals surface area contributed by atoms with Crippen molar-refractivity contribution in [1.82, 2.24) is 9.55 Å². The largest absolute Gasteiger partial charge is 0.480 e. The van der Waals surface area contributed by atoms with E-state index in [0.717, 1.165) is 5.52 Å². The Morgan fingerprint density at radius 2 is 2.00 bits per heavy atom. The van der Waals surface area contributed by atoms with Gasteiger partial charge in [0.2, 0.25) is 6.79 Å². The zero-order chi connectivity index (χ0) is 13.8. The fraction of sp³-hybridized carbons (Fsp3) is 0.385. The summed E-state index contributed by atoms with van der Waals surface area (Å²) in [5.74, 6) is 0.999. The Bertz CT molecular complexity index is 687. The van der Waals surface area contributed by atoms with Crippen LogP contribution in [0.2, 0.25) is 0 Å². The van der Waals surface area contributed by atoms with E-state index in [9.17, 15) is 9.90 Å². The molecule has 1 aliphatic heterocycles. The van der Waals surface area contributed by atoms with Crippen LogP contribution >= 0.6 is 0 Å². The molecule has 1 aliphatic rings. The Kier molecular flexibility index (Phi) is 2.26. The third kappa shape index (κ3) is 1.56. The van der Waals surface area contributed by atoms with Crippen LogP contribution in [0, 0.1) is 6.92 Å². The van der Waals surface area contributed by atoms with E-state index < -0.39 is 11.5 Å². The molecule has 1 N–H and O–H groups in total. The summed E-state index contributed by atoms with van der Waals surface area (Å²) >= 11 is 0. The number of hydrogen-bond acceptors (Lipinski definition) is 4. The predicted molar refractivity (Wildman–Crippen MR) is 67.6 cm³/mol. The third-order valence-corrected chi connectivity index (χ3v) is 3.40. The average Bonchev–Trinajstić information content (AvgIpc) is 2.87. The minimum absolute atomic E-state index is 0.184. The number of aromatic nitrogens is 2. The number of fused-ring (bicyclic) bond motifs is 2. The zero-order valence-corrected chi connectivity index (χ0v) is 10.9. The summed E-state index contributed by atoms with van der Waals surface area (Å²) in [6.07, 6.45) is 0. The second-order valence-corrected chi connectivity index (χ2v) is 5.05. The van der Waals surface area contributed by atoms with Gasteiger partial charge in [-0.15, -0.1) is 0 Å². The molecule has 0 spiro atoms. The minimum Gasteiger partial charge on any atom is -0.480 e. The van der Waals surface area contributed by atoms with E-state index in [4.69, 9.17) is 9.47 Å². The van der Waals surface area contributed by atoms with Gasteiger partial charge in [-0.1, -0.05) is 0 Å². The number of nitrogens with zero attached hydrogens (tertiary/aromatic N) is 2. The highest BCUT2D eigenvalue weighted by molar-refractivity contribution is 5.85. The molecule has 0 fully saturated rings. The van der Waals surface area contributed by atoms with Crippen molar-refractivity contribution in [2.45, 2.75) is 26.3 Å². The van der Waals surface area contributed by atoms with Crippen molar-refractivity contribution in [3.05, 3.63) is 18.0 Å². The standard InChI is InChI=1S/C13H14N2O4/c1-7-14-8-4-10-11(19-6-18-10)5-9(8)15(7)13(2,3)12(16)17/h4-5H,6H2,1-3H3,(H,16,17). The molecule has 0 bridgehead atoms. The number of aliphatic carboxylic acids is 1. The number of benzene rings is 1. The monoisotopic (exact) mass is 262 g/mol. The number of carboxylic acid groups (broad SMARTS) is 1. The van der Waals surface area contributed by atoms with Crippen LogP contribution in [-0.2, 0) is 10.3 Å². The van der Waals surface area contributed by atoms with Gasteiger partial charge in [-0.05, 0) is 20.8 Å². The molecular formula is C13H14N2O4. The molecule has 0 radical (unpaired) electrons.